The van der Waals surface area contributed by atoms with E-state index in [-0.39, 0.29) is 10.1 Å². The molecule has 16 heavy (non-hydrogen) atoms. The second-order valence-electron chi connectivity index (χ2n) is 2.36. The van der Waals surface area contributed by atoms with Gasteiger partial charge in [0.2, 0.25) is 8.92 Å². The van der Waals surface area contributed by atoms with Crippen molar-refractivity contribution in [3.63, 3.8) is 0 Å². The number of carbonyl (C=O) groups is 1. The third-order valence-electron chi connectivity index (χ3n) is 1.15. The molecule has 0 spiro atoms. The monoisotopic (exact) mass is 361 g/mol. The molecule has 1 aromatic heterocycles. The minimum atomic E-state index is -2.09. The van der Waals surface area contributed by atoms with Gasteiger partial charge in [-0.15, -0.1) is 10.2 Å². The molecule has 1 rings (SSSR count). The average molecular weight is 364 g/mol. The van der Waals surface area contributed by atoms with Crippen molar-refractivity contribution in [1.29, 1.82) is 0 Å². The Morgan fingerprint density at radius 2 is 1.69 bits per heavy atom. The summed E-state index contributed by atoms with van der Waals surface area (Å²) in [7, 11) is 0. The van der Waals surface area contributed by atoms with Crippen LogP contribution in [-0.2, 0) is 8.59 Å². The summed E-state index contributed by atoms with van der Waals surface area (Å²) in [6.45, 7) is 0. The summed E-state index contributed by atoms with van der Waals surface area (Å²) in [5, 5.41) is 9.47. The number of aromatic nitrogens is 2. The van der Waals surface area contributed by atoms with Crippen LogP contribution in [0.1, 0.15) is 5.01 Å². The molecule has 0 aromatic carbocycles. The van der Waals surface area contributed by atoms with Crippen LogP contribution in [0.4, 0.5) is 5.13 Å². The van der Waals surface area contributed by atoms with E-state index in [1.165, 1.54) is 0 Å². The third-order valence-corrected chi connectivity index (χ3v) is 3.49. The Bertz CT molecular complexity index is 396. The molecule has 0 radical (unpaired) electrons. The molecule has 4 nitrogen and oxygen atoms in total. The maximum atomic E-state index is 11.2. The predicted molar refractivity (Wildman–Crippen MR) is 68.1 cm³/mol. The lowest BCUT2D eigenvalue weighted by molar-refractivity contribution is -0.115. The van der Waals surface area contributed by atoms with Crippen molar-refractivity contribution in [2.24, 2.45) is 0 Å². The van der Waals surface area contributed by atoms with Crippen LogP contribution < -0.4 is 5.32 Å². The van der Waals surface area contributed by atoms with E-state index in [1.807, 2.05) is 0 Å². The quantitative estimate of drug-likeness (QED) is 0.774. The zero-order chi connectivity index (χ0) is 12.6. The van der Waals surface area contributed by atoms with E-state index in [4.69, 9.17) is 69.6 Å². The Morgan fingerprint density at radius 3 is 2.06 bits per heavy atom. The van der Waals surface area contributed by atoms with E-state index in [0.717, 1.165) is 11.3 Å². The number of halogens is 6. The maximum Gasteiger partial charge on any atom is 0.278 e. The maximum absolute atomic E-state index is 11.2. The number of amides is 1. The SMILES string of the molecule is O=C(Nc1nnc(C(Cl)(Cl)Cl)s1)C(Cl)(Cl)Cl. The Hall–Kier alpha value is 0.770. The average Bonchev–Trinajstić information content (AvgIpc) is 2.49. The molecular weight excluding hydrogens is 363 g/mol. The van der Waals surface area contributed by atoms with Crippen LogP contribution in [0, 0.1) is 0 Å². The first-order valence-electron chi connectivity index (χ1n) is 3.39. The van der Waals surface area contributed by atoms with Gasteiger partial charge in [0.1, 0.15) is 0 Å². The fraction of sp³-hybridized carbons (Fsp3) is 0.400. The smallest absolute Gasteiger partial charge is 0.278 e. The Morgan fingerprint density at radius 1 is 1.12 bits per heavy atom. The molecule has 1 amide bonds. The number of hydrogen-bond donors (Lipinski definition) is 1. The second kappa shape index (κ2) is 5.18. The molecule has 0 unspecified atom stereocenters. The van der Waals surface area contributed by atoms with E-state index in [9.17, 15) is 4.79 Å². The van der Waals surface area contributed by atoms with E-state index in [2.05, 4.69) is 15.5 Å². The van der Waals surface area contributed by atoms with E-state index in [1.54, 1.807) is 0 Å². The minimum Gasteiger partial charge on any atom is -0.297 e. The number of nitrogens with zero attached hydrogens (tertiary/aromatic N) is 2. The standard InChI is InChI=1S/C5HCl6N3OS/c6-4(7,8)1(15)12-3-14-13-2(16-3)5(9,10)11/h(H,12,14,15). The van der Waals surface area contributed by atoms with Crippen LogP contribution >= 0.6 is 80.9 Å². The molecule has 0 aliphatic carbocycles. The molecule has 0 bridgehead atoms. The van der Waals surface area contributed by atoms with Gasteiger partial charge < -0.3 is 0 Å². The number of anilines is 1. The highest BCUT2D eigenvalue weighted by Crippen LogP contribution is 2.40. The van der Waals surface area contributed by atoms with Gasteiger partial charge in [-0.05, 0) is 0 Å². The van der Waals surface area contributed by atoms with Crippen LogP contribution in [0.3, 0.4) is 0 Å². The van der Waals surface area contributed by atoms with E-state index >= 15 is 0 Å². The van der Waals surface area contributed by atoms with Crippen molar-refractivity contribution in [2.45, 2.75) is 7.59 Å². The third kappa shape index (κ3) is 4.22. The lowest BCUT2D eigenvalue weighted by atomic mass is 10.7. The zero-order valence-electron chi connectivity index (χ0n) is 6.98. The normalized spacial score (nSPS) is 12.6. The first kappa shape index (κ1) is 14.8. The molecule has 11 heteroatoms. The molecular formula is C5HCl6N3OS. The summed E-state index contributed by atoms with van der Waals surface area (Å²) in [4.78, 5) is 11.2. The molecule has 0 fully saturated rings. The van der Waals surface area contributed by atoms with Crippen LogP contribution in [-0.4, -0.2) is 19.9 Å². The summed E-state index contributed by atoms with van der Waals surface area (Å²) in [6.07, 6.45) is 0. The lowest BCUT2D eigenvalue weighted by Gasteiger charge is -2.08. The van der Waals surface area contributed by atoms with Gasteiger partial charge in [0.25, 0.3) is 9.70 Å². The van der Waals surface area contributed by atoms with Crippen LogP contribution in [0.5, 0.6) is 0 Å². The largest absolute Gasteiger partial charge is 0.297 e. The van der Waals surface area contributed by atoms with Crippen LogP contribution in [0.25, 0.3) is 0 Å². The van der Waals surface area contributed by atoms with Crippen molar-refractivity contribution in [3.8, 4) is 0 Å². The number of nitrogens with one attached hydrogen (secondary N) is 1. The van der Waals surface area contributed by atoms with Gasteiger partial charge in [-0.3, -0.25) is 10.1 Å². The first-order valence-corrected chi connectivity index (χ1v) is 6.48. The Labute approximate surface area is 124 Å². The highest BCUT2D eigenvalue weighted by molar-refractivity contribution is 7.16. The van der Waals surface area contributed by atoms with Crippen molar-refractivity contribution < 1.29 is 4.79 Å². The number of hydrogen-bond acceptors (Lipinski definition) is 4. The number of rotatable bonds is 1. The fourth-order valence-corrected chi connectivity index (χ4v) is 1.76. The molecule has 0 saturated carbocycles. The van der Waals surface area contributed by atoms with E-state index in [0.29, 0.717) is 0 Å². The molecule has 0 aliphatic heterocycles. The van der Waals surface area contributed by atoms with Gasteiger partial charge in [0.15, 0.2) is 5.01 Å². The van der Waals surface area contributed by atoms with Gasteiger partial charge in [-0.25, -0.2) is 0 Å². The fourth-order valence-electron chi connectivity index (χ4n) is 0.556. The molecule has 0 aliphatic rings. The number of carbonyl (C=O) groups excluding carboxylic acids is 1. The van der Waals surface area contributed by atoms with Gasteiger partial charge in [-0.2, -0.15) is 0 Å². The molecule has 0 saturated heterocycles. The van der Waals surface area contributed by atoms with Crippen LogP contribution in [0.15, 0.2) is 0 Å². The summed E-state index contributed by atoms with van der Waals surface area (Å²) in [5.41, 5.74) is 0. The van der Waals surface area contributed by atoms with Gasteiger partial charge in [0.05, 0.1) is 0 Å². The summed E-state index contributed by atoms with van der Waals surface area (Å²) in [5.74, 6) is -0.871. The molecule has 90 valence electrons. The molecule has 1 N–H and O–H groups in total. The highest BCUT2D eigenvalue weighted by Gasteiger charge is 2.33. The second-order valence-corrected chi connectivity index (χ2v) is 7.90. The van der Waals surface area contributed by atoms with Crippen molar-refractivity contribution >= 4 is 92.0 Å². The molecule has 1 aromatic rings. The predicted octanol–water partition coefficient (Wildman–Crippen LogP) is 3.67. The topological polar surface area (TPSA) is 54.9 Å². The first-order chi connectivity index (χ1) is 7.10. The van der Waals surface area contributed by atoms with Crippen molar-refractivity contribution in [1.82, 2.24) is 10.2 Å². The van der Waals surface area contributed by atoms with Gasteiger partial charge >= 0.3 is 0 Å². The lowest BCUT2D eigenvalue weighted by Crippen LogP contribution is -2.26. The Kier molecular flexibility index (Phi) is 4.80. The van der Waals surface area contributed by atoms with Crippen molar-refractivity contribution in [2.75, 3.05) is 5.32 Å². The highest BCUT2D eigenvalue weighted by atomic mass is 35.6. The van der Waals surface area contributed by atoms with Gasteiger partial charge in [-0.1, -0.05) is 80.9 Å². The summed E-state index contributed by atoms with van der Waals surface area (Å²) < 4.78 is -3.80. The van der Waals surface area contributed by atoms with Crippen molar-refractivity contribution in [3.05, 3.63) is 5.01 Å². The molecule has 1 heterocycles. The minimum absolute atomic E-state index is 0.0673. The zero-order valence-corrected chi connectivity index (χ0v) is 12.3. The Balaban J connectivity index is 2.78. The van der Waals surface area contributed by atoms with E-state index < -0.39 is 13.5 Å². The van der Waals surface area contributed by atoms with Gasteiger partial charge in [0, 0.05) is 0 Å². The van der Waals surface area contributed by atoms with Crippen LogP contribution in [0.2, 0.25) is 0 Å². The summed E-state index contributed by atoms with van der Waals surface area (Å²) >= 11 is 33.5. The summed E-state index contributed by atoms with van der Waals surface area (Å²) in [6, 6.07) is 0. The number of alkyl halides is 6. The molecule has 0 atom stereocenters.